The summed E-state index contributed by atoms with van der Waals surface area (Å²) in [6.07, 6.45) is 0.943. The number of nitrogens with zero attached hydrogens (tertiary/aromatic N) is 1. The van der Waals surface area contributed by atoms with E-state index in [1.54, 1.807) is 18.4 Å². The Bertz CT molecular complexity index is 553. The molecule has 1 heterocycles. The van der Waals surface area contributed by atoms with E-state index in [4.69, 9.17) is 4.74 Å². The second-order valence-corrected chi connectivity index (χ2v) is 6.02. The van der Waals surface area contributed by atoms with E-state index >= 15 is 0 Å². The number of nitrogens with one attached hydrogen (secondary N) is 1. The van der Waals surface area contributed by atoms with Crippen molar-refractivity contribution in [1.82, 2.24) is 10.3 Å². The Labute approximate surface area is 125 Å². The molecule has 0 radical (unpaired) electrons. The van der Waals surface area contributed by atoms with Gasteiger partial charge in [0.15, 0.2) is 0 Å². The first-order valence-electron chi connectivity index (χ1n) is 6.90. The van der Waals surface area contributed by atoms with Crippen LogP contribution in [0.1, 0.15) is 36.2 Å². The Hall–Kier alpha value is -1.39. The molecule has 0 aliphatic carbocycles. The van der Waals surface area contributed by atoms with Crippen LogP contribution in [0.4, 0.5) is 0 Å². The maximum absolute atomic E-state index is 5.40. The number of methoxy groups -OCH3 is 1. The van der Waals surface area contributed by atoms with Crippen molar-refractivity contribution in [3.8, 4) is 5.75 Å². The lowest BCUT2D eigenvalue weighted by atomic mass is 10.1. The first-order valence-corrected chi connectivity index (χ1v) is 7.78. The molecule has 0 bridgehead atoms. The number of aryl methyl sites for hydroxylation is 1. The molecule has 0 aliphatic heterocycles. The van der Waals surface area contributed by atoms with Crippen molar-refractivity contribution in [2.45, 2.75) is 39.3 Å². The van der Waals surface area contributed by atoms with E-state index in [9.17, 15) is 0 Å². The molecule has 1 N–H and O–H groups in total. The summed E-state index contributed by atoms with van der Waals surface area (Å²) in [6, 6.07) is 8.83. The smallest absolute Gasteiger partial charge is 0.122 e. The van der Waals surface area contributed by atoms with E-state index in [1.165, 1.54) is 5.56 Å². The minimum Gasteiger partial charge on any atom is -0.496 e. The highest BCUT2D eigenvalue weighted by Crippen LogP contribution is 2.21. The number of rotatable bonds is 6. The van der Waals surface area contributed by atoms with E-state index in [0.717, 1.165) is 22.9 Å². The predicted octanol–water partition coefficient (Wildman–Crippen LogP) is 3.74. The van der Waals surface area contributed by atoms with Gasteiger partial charge in [0.2, 0.25) is 0 Å². The van der Waals surface area contributed by atoms with E-state index in [2.05, 4.69) is 41.7 Å². The van der Waals surface area contributed by atoms with Gasteiger partial charge >= 0.3 is 0 Å². The minimum atomic E-state index is 0.276. The van der Waals surface area contributed by atoms with Gasteiger partial charge in [0.05, 0.1) is 13.2 Å². The SMILES string of the molecule is COc1ccccc1CC(C)NC(C)c1nc(C)cs1. The van der Waals surface area contributed by atoms with Crippen molar-refractivity contribution in [3.05, 3.63) is 45.9 Å². The molecule has 1 aromatic heterocycles. The molecule has 0 fully saturated rings. The van der Waals surface area contributed by atoms with Crippen LogP contribution in [0.25, 0.3) is 0 Å². The molecule has 0 amide bonds. The van der Waals surface area contributed by atoms with E-state index in [0.29, 0.717) is 6.04 Å². The summed E-state index contributed by atoms with van der Waals surface area (Å²) in [5.74, 6) is 0.957. The molecule has 3 nitrogen and oxygen atoms in total. The summed E-state index contributed by atoms with van der Waals surface area (Å²) in [7, 11) is 1.72. The van der Waals surface area contributed by atoms with Crippen LogP contribution in [0.15, 0.2) is 29.6 Å². The first-order chi connectivity index (χ1) is 9.60. The van der Waals surface area contributed by atoms with Gasteiger partial charge in [-0.3, -0.25) is 0 Å². The zero-order chi connectivity index (χ0) is 14.5. The van der Waals surface area contributed by atoms with Crippen LogP contribution < -0.4 is 10.1 Å². The second kappa shape index (κ2) is 6.86. The van der Waals surface area contributed by atoms with Gasteiger partial charge in [-0.1, -0.05) is 18.2 Å². The highest BCUT2D eigenvalue weighted by Gasteiger charge is 2.14. The molecule has 0 aliphatic rings. The first kappa shape index (κ1) is 15.0. The molecule has 2 rings (SSSR count). The topological polar surface area (TPSA) is 34.1 Å². The fourth-order valence-corrected chi connectivity index (χ4v) is 3.14. The number of para-hydroxylation sites is 1. The predicted molar refractivity (Wildman–Crippen MR) is 84.6 cm³/mol. The highest BCUT2D eigenvalue weighted by atomic mass is 32.1. The van der Waals surface area contributed by atoms with Crippen molar-refractivity contribution < 1.29 is 4.74 Å². The molecule has 0 saturated carbocycles. The maximum atomic E-state index is 5.40. The largest absolute Gasteiger partial charge is 0.496 e. The van der Waals surface area contributed by atoms with Crippen molar-refractivity contribution >= 4 is 11.3 Å². The Balaban J connectivity index is 1.96. The molecule has 1 aromatic carbocycles. The van der Waals surface area contributed by atoms with Gasteiger partial charge in [-0.25, -0.2) is 4.98 Å². The van der Waals surface area contributed by atoms with Crippen LogP contribution in [0.2, 0.25) is 0 Å². The molecular formula is C16H22N2OS. The van der Waals surface area contributed by atoms with Crippen LogP contribution in [0, 0.1) is 6.92 Å². The number of benzene rings is 1. The van der Waals surface area contributed by atoms with Crippen molar-refractivity contribution in [1.29, 1.82) is 0 Å². The van der Waals surface area contributed by atoms with Crippen LogP contribution in [0.3, 0.4) is 0 Å². The summed E-state index contributed by atoms with van der Waals surface area (Å²) < 4.78 is 5.40. The van der Waals surface area contributed by atoms with Crippen molar-refractivity contribution in [2.75, 3.05) is 7.11 Å². The van der Waals surface area contributed by atoms with Gasteiger partial charge in [-0.2, -0.15) is 0 Å². The fourth-order valence-electron chi connectivity index (χ4n) is 2.33. The van der Waals surface area contributed by atoms with Gasteiger partial charge < -0.3 is 10.1 Å². The van der Waals surface area contributed by atoms with Gasteiger partial charge in [0.1, 0.15) is 10.8 Å². The van der Waals surface area contributed by atoms with Gasteiger partial charge in [0, 0.05) is 17.1 Å². The lowest BCUT2D eigenvalue weighted by Crippen LogP contribution is -2.30. The number of hydrogen-bond donors (Lipinski definition) is 1. The maximum Gasteiger partial charge on any atom is 0.122 e. The normalized spacial score (nSPS) is 14.0. The monoisotopic (exact) mass is 290 g/mol. The summed E-state index contributed by atoms with van der Waals surface area (Å²) in [6.45, 7) is 6.39. The van der Waals surface area contributed by atoms with E-state index in [-0.39, 0.29) is 6.04 Å². The zero-order valence-electron chi connectivity index (χ0n) is 12.5. The van der Waals surface area contributed by atoms with Gasteiger partial charge in [0.25, 0.3) is 0 Å². The quantitative estimate of drug-likeness (QED) is 0.880. The van der Waals surface area contributed by atoms with E-state index in [1.807, 2.05) is 19.1 Å². The molecule has 0 spiro atoms. The molecule has 20 heavy (non-hydrogen) atoms. The third-order valence-electron chi connectivity index (χ3n) is 3.26. The molecular weight excluding hydrogens is 268 g/mol. The van der Waals surface area contributed by atoms with Crippen LogP contribution in [0.5, 0.6) is 5.75 Å². The summed E-state index contributed by atoms with van der Waals surface area (Å²) >= 11 is 1.72. The number of thiazole rings is 1. The standard InChI is InChI=1S/C16H22N2OS/c1-11(9-14-7-5-6-8-15(14)19-4)17-13(3)16-18-12(2)10-20-16/h5-8,10-11,13,17H,9H2,1-4H3. The van der Waals surface area contributed by atoms with Crippen LogP contribution in [-0.2, 0) is 6.42 Å². The third-order valence-corrected chi connectivity index (χ3v) is 4.41. The Morgan fingerprint density at radius 3 is 2.70 bits per heavy atom. The summed E-state index contributed by atoms with van der Waals surface area (Å²) in [5.41, 5.74) is 2.33. The molecule has 4 heteroatoms. The minimum absolute atomic E-state index is 0.276. The van der Waals surface area contributed by atoms with Crippen LogP contribution in [-0.4, -0.2) is 18.1 Å². The Morgan fingerprint density at radius 2 is 2.05 bits per heavy atom. The molecule has 108 valence electrons. The average Bonchev–Trinajstić information content (AvgIpc) is 2.86. The fraction of sp³-hybridized carbons (Fsp3) is 0.438. The molecule has 0 saturated heterocycles. The molecule has 2 unspecified atom stereocenters. The number of ether oxygens (including phenoxy) is 1. The molecule has 2 atom stereocenters. The van der Waals surface area contributed by atoms with E-state index < -0.39 is 0 Å². The Morgan fingerprint density at radius 1 is 1.30 bits per heavy atom. The van der Waals surface area contributed by atoms with Gasteiger partial charge in [-0.05, 0) is 38.8 Å². The van der Waals surface area contributed by atoms with Gasteiger partial charge in [-0.15, -0.1) is 11.3 Å². The second-order valence-electron chi connectivity index (χ2n) is 5.13. The zero-order valence-corrected chi connectivity index (χ0v) is 13.3. The third kappa shape index (κ3) is 3.81. The summed E-state index contributed by atoms with van der Waals surface area (Å²) in [4.78, 5) is 4.54. The van der Waals surface area contributed by atoms with Crippen LogP contribution >= 0.6 is 11.3 Å². The summed E-state index contributed by atoms with van der Waals surface area (Å²) in [5, 5.41) is 6.84. The lowest BCUT2D eigenvalue weighted by Gasteiger charge is -2.19. The average molecular weight is 290 g/mol. The Kier molecular flexibility index (Phi) is 5.15. The number of hydrogen-bond acceptors (Lipinski definition) is 4. The highest BCUT2D eigenvalue weighted by molar-refractivity contribution is 7.09. The lowest BCUT2D eigenvalue weighted by molar-refractivity contribution is 0.403. The van der Waals surface area contributed by atoms with Crippen molar-refractivity contribution in [2.24, 2.45) is 0 Å². The number of aromatic nitrogens is 1. The molecule has 2 aromatic rings. The van der Waals surface area contributed by atoms with Crippen molar-refractivity contribution in [3.63, 3.8) is 0 Å².